The van der Waals surface area contributed by atoms with Crippen LogP contribution in [0.3, 0.4) is 0 Å². The van der Waals surface area contributed by atoms with Gasteiger partial charge in [0.15, 0.2) is 0 Å². The van der Waals surface area contributed by atoms with Gasteiger partial charge in [-0.15, -0.1) is 0 Å². The van der Waals surface area contributed by atoms with Crippen molar-refractivity contribution in [3.63, 3.8) is 0 Å². The van der Waals surface area contributed by atoms with Crippen LogP contribution in [-0.4, -0.2) is 13.4 Å². The molecule has 0 amide bonds. The summed E-state index contributed by atoms with van der Waals surface area (Å²) in [5.41, 5.74) is 1.65. The van der Waals surface area contributed by atoms with E-state index in [2.05, 4.69) is 69.3 Å². The molecule has 0 saturated heterocycles. The molecule has 0 spiro atoms. The van der Waals surface area contributed by atoms with E-state index >= 15 is 0 Å². The van der Waals surface area contributed by atoms with Crippen LogP contribution in [0.5, 0.6) is 0 Å². The van der Waals surface area contributed by atoms with Crippen molar-refractivity contribution in [3.05, 3.63) is 96.3 Å². The number of hydrogen-bond donors (Lipinski definition) is 1. The molecular weight excluding hydrogens is 388 g/mol. The Morgan fingerprint density at radius 3 is 1.97 bits per heavy atom. The van der Waals surface area contributed by atoms with E-state index < -0.39 is 8.32 Å². The van der Waals surface area contributed by atoms with Gasteiger partial charge in [0, 0.05) is 5.39 Å². The van der Waals surface area contributed by atoms with E-state index in [1.54, 1.807) is 0 Å². The summed E-state index contributed by atoms with van der Waals surface area (Å²) in [7, 11) is -2.61. The van der Waals surface area contributed by atoms with Gasteiger partial charge in [-0.25, -0.2) is 0 Å². The highest BCUT2D eigenvalue weighted by molar-refractivity contribution is 6.99. The smallest absolute Gasteiger partial charge is 0.261 e. The lowest BCUT2D eigenvalue weighted by Crippen LogP contribution is -2.66. The van der Waals surface area contributed by atoms with Gasteiger partial charge in [0.1, 0.15) is 11.3 Å². The first-order valence-corrected chi connectivity index (χ1v) is 12.2. The Kier molecular flexibility index (Phi) is 5.65. The lowest BCUT2D eigenvalue weighted by atomic mass is 10.1. The summed E-state index contributed by atoms with van der Waals surface area (Å²) in [5.74, 6) is 0.777. The number of benzene rings is 3. The molecule has 1 N–H and O–H groups in total. The molecule has 1 aromatic heterocycles. The van der Waals surface area contributed by atoms with Crippen molar-refractivity contribution in [3.8, 4) is 0 Å². The summed E-state index contributed by atoms with van der Waals surface area (Å²) in [6, 6.07) is 29.0. The van der Waals surface area contributed by atoms with Gasteiger partial charge in [-0.05, 0) is 33.1 Å². The third kappa shape index (κ3) is 3.63. The van der Waals surface area contributed by atoms with Crippen LogP contribution in [0.2, 0.25) is 5.04 Å². The zero-order chi connectivity index (χ0) is 21.2. The monoisotopic (exact) mass is 416 g/mol. The van der Waals surface area contributed by atoms with E-state index in [-0.39, 0.29) is 11.6 Å². The highest BCUT2D eigenvalue weighted by atomic mass is 28.4. The van der Waals surface area contributed by atoms with Crippen molar-refractivity contribution in [1.29, 1.82) is 0 Å². The maximum atomic E-state index is 9.64. The summed E-state index contributed by atoms with van der Waals surface area (Å²) in [5, 5.41) is 13.0. The molecule has 0 aliphatic rings. The lowest BCUT2D eigenvalue weighted by Gasteiger charge is -2.42. The minimum Gasteiger partial charge on any atom is -0.459 e. The molecular formula is C26H28O3Si. The Bertz CT molecular complexity index is 1070. The number of hydrogen-bond acceptors (Lipinski definition) is 3. The van der Waals surface area contributed by atoms with Gasteiger partial charge in [0.25, 0.3) is 8.32 Å². The fraction of sp³-hybridized carbons (Fsp3) is 0.231. The zero-order valence-corrected chi connectivity index (χ0v) is 18.8. The number of fused-ring (bicyclic) bond motifs is 1. The van der Waals surface area contributed by atoms with E-state index in [0.29, 0.717) is 6.61 Å². The molecule has 0 unspecified atom stereocenters. The molecule has 0 radical (unpaired) electrons. The quantitative estimate of drug-likeness (QED) is 0.450. The Labute approximate surface area is 179 Å². The SMILES string of the molecule is CC(C)(C)[Si](OCc1cc2c(CO)cccc2o1)(c1ccccc1)c1ccccc1. The summed E-state index contributed by atoms with van der Waals surface area (Å²) in [6.07, 6.45) is 0. The Hall–Kier alpha value is -2.66. The second kappa shape index (κ2) is 8.23. The van der Waals surface area contributed by atoms with E-state index in [1.165, 1.54) is 10.4 Å². The van der Waals surface area contributed by atoms with Gasteiger partial charge in [-0.3, -0.25) is 0 Å². The first-order valence-electron chi connectivity index (χ1n) is 10.3. The molecule has 0 saturated carbocycles. The fourth-order valence-electron chi connectivity index (χ4n) is 4.32. The van der Waals surface area contributed by atoms with E-state index in [0.717, 1.165) is 22.3 Å². The van der Waals surface area contributed by atoms with Crippen molar-refractivity contribution in [2.75, 3.05) is 0 Å². The fourth-order valence-corrected chi connectivity index (χ4v) is 8.84. The van der Waals surface area contributed by atoms with Crippen LogP contribution in [0.1, 0.15) is 32.1 Å². The highest BCUT2D eigenvalue weighted by Gasteiger charge is 2.50. The van der Waals surface area contributed by atoms with Gasteiger partial charge in [-0.1, -0.05) is 93.6 Å². The first kappa shape index (κ1) is 20.6. The van der Waals surface area contributed by atoms with Gasteiger partial charge >= 0.3 is 0 Å². The van der Waals surface area contributed by atoms with Crippen molar-refractivity contribution in [2.45, 2.75) is 39.0 Å². The van der Waals surface area contributed by atoms with E-state index in [4.69, 9.17) is 8.84 Å². The third-order valence-corrected chi connectivity index (χ3v) is 10.7. The topological polar surface area (TPSA) is 42.6 Å². The molecule has 30 heavy (non-hydrogen) atoms. The van der Waals surface area contributed by atoms with Crippen LogP contribution < -0.4 is 10.4 Å². The molecule has 4 rings (SSSR count). The standard InChI is InChI=1S/C26H28O3Si/c1-26(2,3)30(22-12-6-4-7-13-22,23-14-8-5-9-15-23)28-19-21-17-24-20(18-27)11-10-16-25(24)29-21/h4-17,27H,18-19H2,1-3H3. The molecule has 0 fully saturated rings. The normalized spacial score (nSPS) is 12.4. The molecule has 0 aliphatic carbocycles. The maximum Gasteiger partial charge on any atom is 0.261 e. The van der Waals surface area contributed by atoms with Crippen molar-refractivity contribution >= 4 is 29.7 Å². The summed E-state index contributed by atoms with van der Waals surface area (Å²) < 4.78 is 13.0. The van der Waals surface area contributed by atoms with Crippen molar-refractivity contribution in [1.82, 2.24) is 0 Å². The van der Waals surface area contributed by atoms with Crippen LogP contribution in [0.25, 0.3) is 11.0 Å². The minimum absolute atomic E-state index is 0.00806. The second-order valence-electron chi connectivity index (χ2n) is 8.65. The largest absolute Gasteiger partial charge is 0.459 e. The molecule has 3 nitrogen and oxygen atoms in total. The van der Waals surface area contributed by atoms with Crippen LogP contribution in [0, 0.1) is 0 Å². The molecule has 1 heterocycles. The molecule has 0 atom stereocenters. The highest BCUT2D eigenvalue weighted by Crippen LogP contribution is 2.37. The Morgan fingerprint density at radius 1 is 0.833 bits per heavy atom. The number of furan rings is 1. The van der Waals surface area contributed by atoms with Gasteiger partial charge in [-0.2, -0.15) is 0 Å². The number of aliphatic hydroxyl groups excluding tert-OH is 1. The third-order valence-electron chi connectivity index (χ3n) is 5.72. The van der Waals surface area contributed by atoms with E-state index in [9.17, 15) is 5.11 Å². The average molecular weight is 417 g/mol. The zero-order valence-electron chi connectivity index (χ0n) is 17.8. The molecule has 0 aliphatic heterocycles. The molecule has 3 aromatic carbocycles. The number of aliphatic hydroxyl groups is 1. The maximum absolute atomic E-state index is 9.64. The van der Waals surface area contributed by atoms with Crippen molar-refractivity contribution in [2.24, 2.45) is 0 Å². The average Bonchev–Trinajstić information content (AvgIpc) is 3.18. The van der Waals surface area contributed by atoms with Crippen LogP contribution in [0.4, 0.5) is 0 Å². The Morgan fingerprint density at radius 2 is 1.43 bits per heavy atom. The lowest BCUT2D eigenvalue weighted by molar-refractivity contribution is 0.258. The minimum atomic E-state index is -2.61. The van der Waals surface area contributed by atoms with Crippen LogP contribution >= 0.6 is 0 Å². The summed E-state index contributed by atoms with van der Waals surface area (Å²) in [6.45, 7) is 7.17. The number of rotatable bonds is 6. The van der Waals surface area contributed by atoms with E-state index in [1.807, 2.05) is 36.4 Å². The second-order valence-corrected chi connectivity index (χ2v) is 13.0. The van der Waals surface area contributed by atoms with Gasteiger partial charge < -0.3 is 13.9 Å². The molecule has 0 bridgehead atoms. The van der Waals surface area contributed by atoms with Gasteiger partial charge in [0.05, 0.1) is 13.2 Å². The van der Waals surface area contributed by atoms with Crippen molar-refractivity contribution < 1.29 is 13.9 Å². The molecule has 4 heteroatoms. The molecule has 4 aromatic rings. The first-order chi connectivity index (χ1) is 14.5. The predicted octanol–water partition coefficient (Wildman–Crippen LogP) is 5.00. The predicted molar refractivity (Wildman–Crippen MR) is 125 cm³/mol. The van der Waals surface area contributed by atoms with Crippen LogP contribution in [-0.2, 0) is 17.6 Å². The summed E-state index contributed by atoms with van der Waals surface area (Å²) in [4.78, 5) is 0. The van der Waals surface area contributed by atoms with Crippen LogP contribution in [0.15, 0.2) is 89.3 Å². The Balaban J connectivity index is 1.79. The summed E-state index contributed by atoms with van der Waals surface area (Å²) >= 11 is 0. The van der Waals surface area contributed by atoms with Gasteiger partial charge in [0.2, 0.25) is 0 Å². The molecule has 154 valence electrons.